The maximum atomic E-state index is 12.8. The molecule has 0 aliphatic rings. The van der Waals surface area contributed by atoms with Gasteiger partial charge in [0.25, 0.3) is 0 Å². The van der Waals surface area contributed by atoms with Crippen molar-refractivity contribution in [3.8, 4) is 17.1 Å². The fourth-order valence-electron chi connectivity index (χ4n) is 2.54. The highest BCUT2D eigenvalue weighted by atomic mass is 19.4. The molecule has 3 aromatic heterocycles. The molecule has 0 fully saturated rings. The van der Waals surface area contributed by atoms with Crippen molar-refractivity contribution in [3.05, 3.63) is 59.7 Å². The molecular weight excluding hydrogens is 361 g/mol. The Kier molecular flexibility index (Phi) is 5.20. The molecule has 0 N–H and O–H groups in total. The number of carbonyl (C=O) groups excluding carboxylic acids is 1. The fourth-order valence-corrected chi connectivity index (χ4v) is 2.54. The maximum absolute atomic E-state index is 12.8. The van der Waals surface area contributed by atoms with Gasteiger partial charge in [0.1, 0.15) is 24.6 Å². The van der Waals surface area contributed by atoms with Gasteiger partial charge in [-0.1, -0.05) is 6.07 Å². The van der Waals surface area contributed by atoms with Crippen LogP contribution >= 0.6 is 0 Å². The third kappa shape index (κ3) is 4.49. The van der Waals surface area contributed by atoms with Gasteiger partial charge in [-0.05, 0) is 31.2 Å². The van der Waals surface area contributed by atoms with Crippen LogP contribution in [-0.2, 0) is 13.2 Å². The van der Waals surface area contributed by atoms with E-state index in [0.29, 0.717) is 23.2 Å². The molecule has 0 aromatic carbocycles. The summed E-state index contributed by atoms with van der Waals surface area (Å²) in [6.07, 6.45) is -1.05. The largest absolute Gasteiger partial charge is 0.486 e. The second-order valence-electron chi connectivity index (χ2n) is 5.74. The molecule has 0 aliphatic carbocycles. The SMILES string of the molecule is Cc1ccc(OCc2cccnc2-c2ccnn2CC(F)(F)F)c(C=O)n1. The first-order chi connectivity index (χ1) is 12.9. The highest BCUT2D eigenvalue weighted by molar-refractivity contribution is 5.76. The van der Waals surface area contributed by atoms with E-state index >= 15 is 0 Å². The van der Waals surface area contributed by atoms with Crippen LogP contribution in [0.25, 0.3) is 11.4 Å². The smallest absolute Gasteiger partial charge is 0.408 e. The molecule has 0 spiro atoms. The molecule has 3 heterocycles. The number of hydrogen-bond donors (Lipinski definition) is 0. The molecular formula is C18H15F3N4O2. The Hall–Kier alpha value is -3.23. The Balaban J connectivity index is 1.88. The molecule has 0 radical (unpaired) electrons. The first kappa shape index (κ1) is 18.6. The monoisotopic (exact) mass is 376 g/mol. The summed E-state index contributed by atoms with van der Waals surface area (Å²) in [5, 5.41) is 3.73. The second-order valence-corrected chi connectivity index (χ2v) is 5.74. The molecule has 0 aliphatic heterocycles. The van der Waals surface area contributed by atoms with Crippen LogP contribution in [0.2, 0.25) is 0 Å². The maximum Gasteiger partial charge on any atom is 0.408 e. The van der Waals surface area contributed by atoms with Gasteiger partial charge in [-0.25, -0.2) is 4.98 Å². The Morgan fingerprint density at radius 1 is 1.19 bits per heavy atom. The van der Waals surface area contributed by atoms with Gasteiger partial charge in [0.05, 0.1) is 11.4 Å². The average molecular weight is 376 g/mol. The van der Waals surface area contributed by atoms with E-state index in [9.17, 15) is 18.0 Å². The van der Waals surface area contributed by atoms with Gasteiger partial charge in [-0.2, -0.15) is 18.3 Å². The summed E-state index contributed by atoms with van der Waals surface area (Å²) in [5.41, 5.74) is 1.93. The quantitative estimate of drug-likeness (QED) is 0.615. The number of aryl methyl sites for hydroxylation is 1. The molecule has 9 heteroatoms. The van der Waals surface area contributed by atoms with E-state index in [1.54, 1.807) is 31.2 Å². The first-order valence-corrected chi connectivity index (χ1v) is 7.96. The zero-order chi connectivity index (χ0) is 19.4. The Morgan fingerprint density at radius 2 is 2.00 bits per heavy atom. The fraction of sp³-hybridized carbons (Fsp3) is 0.222. The predicted molar refractivity (Wildman–Crippen MR) is 90.2 cm³/mol. The predicted octanol–water partition coefficient (Wildman–Crippen LogP) is 3.60. The van der Waals surface area contributed by atoms with Crippen molar-refractivity contribution in [1.82, 2.24) is 19.7 Å². The summed E-state index contributed by atoms with van der Waals surface area (Å²) in [7, 11) is 0. The average Bonchev–Trinajstić information content (AvgIpc) is 3.06. The van der Waals surface area contributed by atoms with Crippen molar-refractivity contribution in [2.45, 2.75) is 26.3 Å². The van der Waals surface area contributed by atoms with Crippen LogP contribution in [0.1, 0.15) is 21.7 Å². The normalized spacial score (nSPS) is 11.4. The highest BCUT2D eigenvalue weighted by Crippen LogP contribution is 2.26. The van der Waals surface area contributed by atoms with E-state index in [-0.39, 0.29) is 23.7 Å². The van der Waals surface area contributed by atoms with Crippen LogP contribution in [-0.4, -0.2) is 32.2 Å². The summed E-state index contributed by atoms with van der Waals surface area (Å²) < 4.78 is 44.8. The number of aromatic nitrogens is 4. The lowest BCUT2D eigenvalue weighted by atomic mass is 10.1. The number of halogens is 3. The lowest BCUT2D eigenvalue weighted by molar-refractivity contribution is -0.142. The molecule has 3 aromatic rings. The third-order valence-electron chi connectivity index (χ3n) is 3.70. The highest BCUT2D eigenvalue weighted by Gasteiger charge is 2.30. The van der Waals surface area contributed by atoms with Gasteiger partial charge in [0.15, 0.2) is 6.29 Å². The van der Waals surface area contributed by atoms with Gasteiger partial charge < -0.3 is 4.74 Å². The summed E-state index contributed by atoms with van der Waals surface area (Å²) in [6.45, 7) is 0.535. The molecule has 140 valence electrons. The molecule has 3 rings (SSSR count). The molecule has 0 bridgehead atoms. The minimum atomic E-state index is -4.40. The second kappa shape index (κ2) is 7.56. The van der Waals surface area contributed by atoms with E-state index in [0.717, 1.165) is 4.68 Å². The summed E-state index contributed by atoms with van der Waals surface area (Å²) in [4.78, 5) is 19.4. The first-order valence-electron chi connectivity index (χ1n) is 7.96. The number of hydrogen-bond acceptors (Lipinski definition) is 5. The molecule has 0 saturated carbocycles. The molecule has 27 heavy (non-hydrogen) atoms. The van der Waals surface area contributed by atoms with Crippen LogP contribution in [0, 0.1) is 6.92 Å². The van der Waals surface area contributed by atoms with Crippen molar-refractivity contribution in [1.29, 1.82) is 0 Å². The molecule has 0 amide bonds. The van der Waals surface area contributed by atoms with E-state index < -0.39 is 12.7 Å². The van der Waals surface area contributed by atoms with Crippen molar-refractivity contribution in [2.75, 3.05) is 0 Å². The van der Waals surface area contributed by atoms with Crippen molar-refractivity contribution in [3.63, 3.8) is 0 Å². The number of alkyl halides is 3. The lowest BCUT2D eigenvalue weighted by Gasteiger charge is -2.14. The third-order valence-corrected chi connectivity index (χ3v) is 3.70. The zero-order valence-electron chi connectivity index (χ0n) is 14.3. The van der Waals surface area contributed by atoms with Gasteiger partial charge in [-0.3, -0.25) is 14.5 Å². The molecule has 0 saturated heterocycles. The number of ether oxygens (including phenoxy) is 1. The zero-order valence-corrected chi connectivity index (χ0v) is 14.3. The van der Waals surface area contributed by atoms with Crippen molar-refractivity contribution < 1.29 is 22.7 Å². The summed E-state index contributed by atoms with van der Waals surface area (Å²) in [5.74, 6) is 0.286. The van der Waals surface area contributed by atoms with E-state index in [2.05, 4.69) is 15.1 Å². The summed E-state index contributed by atoms with van der Waals surface area (Å²) >= 11 is 0. The number of aldehydes is 1. The molecule has 6 nitrogen and oxygen atoms in total. The Morgan fingerprint density at radius 3 is 2.74 bits per heavy atom. The van der Waals surface area contributed by atoms with Crippen LogP contribution in [0.15, 0.2) is 42.7 Å². The van der Waals surface area contributed by atoms with E-state index in [4.69, 9.17) is 4.74 Å². The Bertz CT molecular complexity index is 954. The minimum Gasteiger partial charge on any atom is -0.486 e. The minimum absolute atomic E-state index is 0.00590. The van der Waals surface area contributed by atoms with Crippen LogP contribution in [0.5, 0.6) is 5.75 Å². The number of nitrogens with zero attached hydrogens (tertiary/aromatic N) is 4. The molecule has 0 unspecified atom stereocenters. The standard InChI is InChI=1S/C18H15F3N4O2/c1-12-4-5-16(14(9-26)24-12)27-10-13-3-2-7-22-17(13)15-6-8-23-25(15)11-18(19,20)21/h2-9H,10-11H2,1H3. The molecule has 0 atom stereocenters. The van der Waals surface area contributed by atoms with Crippen LogP contribution < -0.4 is 4.74 Å². The number of rotatable bonds is 6. The topological polar surface area (TPSA) is 69.9 Å². The van der Waals surface area contributed by atoms with E-state index in [1.165, 1.54) is 18.5 Å². The van der Waals surface area contributed by atoms with E-state index in [1.807, 2.05) is 0 Å². The number of carbonyl (C=O) groups is 1. The van der Waals surface area contributed by atoms with Gasteiger partial charge in [0.2, 0.25) is 0 Å². The van der Waals surface area contributed by atoms with Crippen LogP contribution in [0.4, 0.5) is 13.2 Å². The van der Waals surface area contributed by atoms with Crippen molar-refractivity contribution in [2.24, 2.45) is 0 Å². The number of pyridine rings is 2. The lowest BCUT2D eigenvalue weighted by Crippen LogP contribution is -2.19. The Labute approximate surface area is 152 Å². The summed E-state index contributed by atoms with van der Waals surface area (Å²) in [6, 6.07) is 8.12. The van der Waals surface area contributed by atoms with Gasteiger partial charge in [0, 0.05) is 23.7 Å². The van der Waals surface area contributed by atoms with Gasteiger partial charge in [-0.15, -0.1) is 0 Å². The van der Waals surface area contributed by atoms with Crippen molar-refractivity contribution >= 4 is 6.29 Å². The van der Waals surface area contributed by atoms with Crippen LogP contribution in [0.3, 0.4) is 0 Å². The van der Waals surface area contributed by atoms with Gasteiger partial charge >= 0.3 is 6.18 Å².